The number of anilines is 1. The molecule has 0 saturated heterocycles. The van der Waals surface area contributed by atoms with Gasteiger partial charge in [0.25, 0.3) is 0 Å². The Kier molecular flexibility index (Phi) is 4.87. The molecule has 3 aromatic heterocycles. The molecule has 144 valence electrons. The molecule has 0 unspecified atom stereocenters. The Morgan fingerprint density at radius 1 is 1.43 bits per heavy atom. The highest BCUT2D eigenvalue weighted by Gasteiger charge is 2.34. The van der Waals surface area contributed by atoms with Crippen LogP contribution < -0.4 is 5.32 Å². The third-order valence-corrected chi connectivity index (χ3v) is 5.26. The highest BCUT2D eigenvalue weighted by molar-refractivity contribution is 6.31. The highest BCUT2D eigenvalue weighted by Crippen LogP contribution is 2.33. The van der Waals surface area contributed by atoms with E-state index in [1.165, 1.54) is 6.20 Å². The van der Waals surface area contributed by atoms with Crippen molar-refractivity contribution in [1.82, 2.24) is 19.9 Å². The van der Waals surface area contributed by atoms with Crippen molar-refractivity contribution in [3.63, 3.8) is 0 Å². The molecule has 28 heavy (non-hydrogen) atoms. The zero-order valence-corrected chi connectivity index (χ0v) is 15.7. The fourth-order valence-corrected chi connectivity index (χ4v) is 3.88. The van der Waals surface area contributed by atoms with Gasteiger partial charge in [-0.3, -0.25) is 0 Å². The van der Waals surface area contributed by atoms with E-state index >= 15 is 0 Å². The van der Waals surface area contributed by atoms with Crippen LogP contribution in [0.15, 0.2) is 24.7 Å². The van der Waals surface area contributed by atoms with E-state index in [2.05, 4.69) is 25.3 Å². The summed E-state index contributed by atoms with van der Waals surface area (Å²) in [5.74, 6) is -0.169. The summed E-state index contributed by atoms with van der Waals surface area (Å²) >= 11 is 6.04. The zero-order valence-electron chi connectivity index (χ0n) is 14.9. The number of nitrogens with one attached hydrogen (secondary N) is 2. The number of pyridine rings is 1. The maximum atomic E-state index is 14.3. The van der Waals surface area contributed by atoms with Crippen molar-refractivity contribution in [2.24, 2.45) is 0 Å². The van der Waals surface area contributed by atoms with Gasteiger partial charge in [0, 0.05) is 29.4 Å². The summed E-state index contributed by atoms with van der Waals surface area (Å²) in [6.07, 6.45) is 6.87. The monoisotopic (exact) mass is 400 g/mol. The summed E-state index contributed by atoms with van der Waals surface area (Å²) in [4.78, 5) is 15.7. The van der Waals surface area contributed by atoms with Crippen molar-refractivity contribution in [3.05, 3.63) is 35.5 Å². The molecule has 9 heteroatoms. The lowest BCUT2D eigenvalue weighted by atomic mass is 9.80. The molecular weight excluding hydrogens is 383 g/mol. The molecule has 3 heterocycles. The molecule has 0 amide bonds. The quantitative estimate of drug-likeness (QED) is 0.614. The standard InChI is InChI=1S/C19H18ClFN6O/c20-11-6-13-14(9-24-16(13)23-8-11)17-25-10-15(21)18(27-17)26-12-2-1-3-19(28,7-12)4-5-22/h6,8-10,12,28H,1-4,7H2,(H,23,24)(H,25,26,27)/t12-,19+/m0/s1. The first-order valence-electron chi connectivity index (χ1n) is 8.99. The first kappa shape index (κ1) is 18.6. The van der Waals surface area contributed by atoms with Crippen molar-refractivity contribution in [3.8, 4) is 17.5 Å². The van der Waals surface area contributed by atoms with Crippen LogP contribution in [-0.4, -0.2) is 36.7 Å². The molecule has 0 radical (unpaired) electrons. The highest BCUT2D eigenvalue weighted by atomic mass is 35.5. The molecule has 2 atom stereocenters. The lowest BCUT2D eigenvalue weighted by Gasteiger charge is -2.35. The number of rotatable bonds is 4. The van der Waals surface area contributed by atoms with E-state index in [1.54, 1.807) is 12.3 Å². The first-order valence-corrected chi connectivity index (χ1v) is 9.37. The minimum absolute atomic E-state index is 0.0613. The maximum absolute atomic E-state index is 14.3. The van der Waals surface area contributed by atoms with Crippen LogP contribution in [0.4, 0.5) is 10.2 Å². The normalized spacial score (nSPS) is 22.1. The molecule has 4 rings (SSSR count). The maximum Gasteiger partial charge on any atom is 0.183 e. The fraction of sp³-hybridized carbons (Fsp3) is 0.368. The SMILES string of the molecule is N#CC[C@]1(O)CCC[C@H](Nc2nc(-c3c[nH]c4ncc(Cl)cc34)ncc2F)C1. The van der Waals surface area contributed by atoms with Crippen LogP contribution in [0.2, 0.25) is 5.02 Å². The Balaban J connectivity index is 1.62. The average molecular weight is 401 g/mol. The predicted octanol–water partition coefficient (Wildman–Crippen LogP) is 3.81. The minimum Gasteiger partial charge on any atom is -0.389 e. The van der Waals surface area contributed by atoms with E-state index in [9.17, 15) is 9.50 Å². The van der Waals surface area contributed by atoms with Crippen LogP contribution in [0.25, 0.3) is 22.4 Å². The number of aromatic nitrogens is 4. The smallest absolute Gasteiger partial charge is 0.183 e. The number of aliphatic hydroxyl groups is 1. The van der Waals surface area contributed by atoms with E-state index in [0.717, 1.165) is 24.4 Å². The Bertz CT molecular complexity index is 1060. The Hall–Kier alpha value is -2.76. The van der Waals surface area contributed by atoms with Gasteiger partial charge in [0.05, 0.1) is 29.3 Å². The summed E-state index contributed by atoms with van der Waals surface area (Å²) in [5.41, 5.74) is 0.254. The number of halogens is 2. The molecule has 0 bridgehead atoms. The zero-order chi connectivity index (χ0) is 19.7. The summed E-state index contributed by atoms with van der Waals surface area (Å²) in [6, 6.07) is 3.60. The van der Waals surface area contributed by atoms with Crippen LogP contribution in [0.1, 0.15) is 32.1 Å². The summed E-state index contributed by atoms with van der Waals surface area (Å²) < 4.78 is 14.3. The summed E-state index contributed by atoms with van der Waals surface area (Å²) in [7, 11) is 0. The van der Waals surface area contributed by atoms with Crippen LogP contribution in [-0.2, 0) is 0 Å². The van der Waals surface area contributed by atoms with E-state index in [-0.39, 0.29) is 18.3 Å². The van der Waals surface area contributed by atoms with Crippen molar-refractivity contribution in [1.29, 1.82) is 5.26 Å². The second-order valence-electron chi connectivity index (χ2n) is 7.14. The number of fused-ring (bicyclic) bond motifs is 1. The van der Waals surface area contributed by atoms with Gasteiger partial charge in [-0.1, -0.05) is 11.6 Å². The third kappa shape index (κ3) is 3.63. The van der Waals surface area contributed by atoms with Gasteiger partial charge in [-0.05, 0) is 31.7 Å². The van der Waals surface area contributed by atoms with Gasteiger partial charge < -0.3 is 15.4 Å². The van der Waals surface area contributed by atoms with E-state index in [0.29, 0.717) is 34.9 Å². The number of hydrogen-bond acceptors (Lipinski definition) is 6. The van der Waals surface area contributed by atoms with Crippen molar-refractivity contribution in [2.45, 2.75) is 43.7 Å². The molecule has 1 aliphatic carbocycles. The van der Waals surface area contributed by atoms with E-state index in [1.807, 2.05) is 6.07 Å². The van der Waals surface area contributed by atoms with Crippen molar-refractivity contribution < 1.29 is 9.50 Å². The third-order valence-electron chi connectivity index (χ3n) is 5.05. The first-order chi connectivity index (χ1) is 13.5. The number of H-pyrrole nitrogens is 1. The van der Waals surface area contributed by atoms with Crippen molar-refractivity contribution >= 4 is 28.5 Å². The predicted molar refractivity (Wildman–Crippen MR) is 103 cm³/mol. The minimum atomic E-state index is -1.05. The number of nitrogens with zero attached hydrogens (tertiary/aromatic N) is 4. The Morgan fingerprint density at radius 2 is 2.29 bits per heavy atom. The lowest BCUT2D eigenvalue weighted by Crippen LogP contribution is -2.40. The van der Waals surface area contributed by atoms with Gasteiger partial charge in [0.2, 0.25) is 0 Å². The second kappa shape index (κ2) is 7.34. The van der Waals surface area contributed by atoms with Crippen LogP contribution in [0.5, 0.6) is 0 Å². The number of hydrogen-bond donors (Lipinski definition) is 3. The van der Waals surface area contributed by atoms with Gasteiger partial charge in [0.1, 0.15) is 5.65 Å². The van der Waals surface area contributed by atoms with Gasteiger partial charge in [-0.15, -0.1) is 0 Å². The molecular formula is C19H18ClFN6O. The molecule has 7 nitrogen and oxygen atoms in total. The van der Waals surface area contributed by atoms with Crippen LogP contribution in [0, 0.1) is 17.1 Å². The summed E-state index contributed by atoms with van der Waals surface area (Å²) in [5, 5.41) is 23.7. The Labute approximate surface area is 165 Å². The largest absolute Gasteiger partial charge is 0.389 e. The van der Waals surface area contributed by atoms with E-state index < -0.39 is 11.4 Å². The molecule has 1 fully saturated rings. The van der Waals surface area contributed by atoms with Gasteiger partial charge in [-0.25, -0.2) is 19.3 Å². The number of aromatic amines is 1. The molecule has 0 aromatic carbocycles. The Morgan fingerprint density at radius 3 is 3.11 bits per heavy atom. The average Bonchev–Trinajstić information content (AvgIpc) is 3.06. The molecule has 0 spiro atoms. The number of nitriles is 1. The molecule has 3 aromatic rings. The van der Waals surface area contributed by atoms with Crippen LogP contribution in [0.3, 0.4) is 0 Å². The molecule has 0 aliphatic heterocycles. The van der Waals surface area contributed by atoms with Gasteiger partial charge >= 0.3 is 0 Å². The van der Waals surface area contributed by atoms with E-state index in [4.69, 9.17) is 16.9 Å². The molecule has 1 aliphatic rings. The van der Waals surface area contributed by atoms with Crippen molar-refractivity contribution in [2.75, 3.05) is 5.32 Å². The van der Waals surface area contributed by atoms with Gasteiger partial charge in [-0.2, -0.15) is 5.26 Å². The summed E-state index contributed by atoms with van der Waals surface area (Å²) in [6.45, 7) is 0. The topological polar surface area (TPSA) is 111 Å². The lowest BCUT2D eigenvalue weighted by molar-refractivity contribution is 0.00444. The second-order valence-corrected chi connectivity index (χ2v) is 7.58. The molecule has 3 N–H and O–H groups in total. The molecule has 1 saturated carbocycles. The van der Waals surface area contributed by atoms with Crippen LogP contribution >= 0.6 is 11.6 Å². The van der Waals surface area contributed by atoms with Gasteiger partial charge in [0.15, 0.2) is 17.5 Å². The fourth-order valence-electron chi connectivity index (χ4n) is 3.73.